The van der Waals surface area contributed by atoms with Crippen molar-refractivity contribution in [2.45, 2.75) is 75.0 Å². The number of aliphatic hydroxyl groups is 1. The molecule has 4 heterocycles. The van der Waals surface area contributed by atoms with Crippen molar-refractivity contribution in [3.05, 3.63) is 0 Å². The highest BCUT2D eigenvalue weighted by Crippen LogP contribution is 2.53. The lowest BCUT2D eigenvalue weighted by Gasteiger charge is -2.54. The number of rotatable bonds is 5. The fourth-order valence-electron chi connectivity index (χ4n) is 5.87. The molecule has 27 heavy (non-hydrogen) atoms. The normalized spacial score (nSPS) is 46.0. The molecule has 4 fully saturated rings. The quantitative estimate of drug-likeness (QED) is 0.441. The van der Waals surface area contributed by atoms with E-state index in [9.17, 15) is 0 Å². The summed E-state index contributed by atoms with van der Waals surface area (Å²) in [5, 5.41) is 25.2. The molecule has 0 aromatic heterocycles. The van der Waals surface area contributed by atoms with E-state index in [1.807, 2.05) is 0 Å². The van der Waals surface area contributed by atoms with Crippen molar-refractivity contribution in [2.24, 2.45) is 23.7 Å². The van der Waals surface area contributed by atoms with Gasteiger partial charge in [0.15, 0.2) is 0 Å². The van der Waals surface area contributed by atoms with Gasteiger partial charge in [0.2, 0.25) is 0 Å². The molecule has 0 spiro atoms. The standard InChI is InChI=1S/C20H38N4O2S/c1-11(2)15-13-9-26-20(3,4)8-12(13)14-16-17(27-19(14)24-15)18(23-10-22-16)21-6-5-7-25/h11-19,21-25H,5-10H2,1-4H3. The summed E-state index contributed by atoms with van der Waals surface area (Å²) in [4.78, 5) is 0. The molecule has 0 amide bonds. The highest BCUT2D eigenvalue weighted by Gasteiger charge is 2.58. The zero-order valence-electron chi connectivity index (χ0n) is 17.2. The third kappa shape index (κ3) is 3.93. The van der Waals surface area contributed by atoms with Crippen LogP contribution in [-0.2, 0) is 4.74 Å². The average molecular weight is 399 g/mol. The van der Waals surface area contributed by atoms with Gasteiger partial charge in [0.25, 0.3) is 0 Å². The average Bonchev–Trinajstić information content (AvgIpc) is 3.00. The Balaban J connectivity index is 1.55. The Kier molecular flexibility index (Phi) is 6.11. The zero-order chi connectivity index (χ0) is 19.2. The summed E-state index contributed by atoms with van der Waals surface area (Å²) in [7, 11) is 0. The Bertz CT molecular complexity index is 520. The molecule has 6 nitrogen and oxygen atoms in total. The van der Waals surface area contributed by atoms with Crippen LogP contribution in [0.25, 0.3) is 0 Å². The predicted molar refractivity (Wildman–Crippen MR) is 110 cm³/mol. The fourth-order valence-corrected chi connectivity index (χ4v) is 7.80. The van der Waals surface area contributed by atoms with Gasteiger partial charge in [0, 0.05) is 37.2 Å². The molecule has 4 aliphatic heterocycles. The number of ether oxygens (including phenoxy) is 1. The van der Waals surface area contributed by atoms with Gasteiger partial charge >= 0.3 is 0 Å². The van der Waals surface area contributed by atoms with E-state index in [0.717, 1.165) is 32.7 Å². The number of aliphatic hydroxyl groups excluding tert-OH is 1. The van der Waals surface area contributed by atoms with Gasteiger partial charge in [-0.2, -0.15) is 0 Å². The van der Waals surface area contributed by atoms with Crippen LogP contribution in [0.5, 0.6) is 0 Å². The molecule has 0 aliphatic carbocycles. The van der Waals surface area contributed by atoms with Crippen LogP contribution in [0.3, 0.4) is 0 Å². The van der Waals surface area contributed by atoms with Gasteiger partial charge in [-0.25, -0.2) is 0 Å². The molecule has 7 heteroatoms. The van der Waals surface area contributed by atoms with E-state index in [2.05, 4.69) is 60.7 Å². The molecular weight excluding hydrogens is 360 g/mol. The van der Waals surface area contributed by atoms with Gasteiger partial charge in [-0.15, -0.1) is 11.8 Å². The summed E-state index contributed by atoms with van der Waals surface area (Å²) < 4.78 is 6.27. The van der Waals surface area contributed by atoms with Gasteiger partial charge < -0.3 is 25.8 Å². The summed E-state index contributed by atoms with van der Waals surface area (Å²) in [6, 6.07) is 1.06. The molecule has 4 aliphatic rings. The Hall–Kier alpha value is 0.110. The summed E-state index contributed by atoms with van der Waals surface area (Å²) in [6.45, 7) is 12.1. The second kappa shape index (κ2) is 8.09. The Morgan fingerprint density at radius 2 is 2.07 bits per heavy atom. The van der Waals surface area contributed by atoms with Crippen LogP contribution in [-0.4, -0.2) is 66.0 Å². The molecular formula is C20H38N4O2S. The number of fused-ring (bicyclic) bond motifs is 5. The third-order valence-electron chi connectivity index (χ3n) is 7.08. The van der Waals surface area contributed by atoms with Crippen molar-refractivity contribution in [3.8, 4) is 0 Å². The van der Waals surface area contributed by atoms with Gasteiger partial charge in [-0.1, -0.05) is 13.8 Å². The molecule has 0 radical (unpaired) electrons. The van der Waals surface area contributed by atoms with Crippen molar-refractivity contribution in [1.29, 1.82) is 0 Å². The first-order chi connectivity index (χ1) is 12.9. The summed E-state index contributed by atoms with van der Waals surface area (Å²) in [6.07, 6.45) is 2.28. The lowest BCUT2D eigenvalue weighted by atomic mass is 9.64. The number of piperidine rings is 1. The lowest BCUT2D eigenvalue weighted by molar-refractivity contribution is -0.140. The summed E-state index contributed by atoms with van der Waals surface area (Å²) in [5.74, 6) is 2.58. The molecule has 0 bridgehead atoms. The topological polar surface area (TPSA) is 77.6 Å². The smallest absolute Gasteiger partial charge is 0.0720 e. The molecule has 156 valence electrons. The van der Waals surface area contributed by atoms with E-state index >= 15 is 0 Å². The Morgan fingerprint density at radius 1 is 1.26 bits per heavy atom. The van der Waals surface area contributed by atoms with E-state index in [-0.39, 0.29) is 12.2 Å². The van der Waals surface area contributed by atoms with Crippen LogP contribution in [0.1, 0.15) is 40.5 Å². The van der Waals surface area contributed by atoms with E-state index in [1.54, 1.807) is 0 Å². The first-order valence-corrected chi connectivity index (χ1v) is 11.7. The van der Waals surface area contributed by atoms with Crippen LogP contribution in [0.2, 0.25) is 0 Å². The minimum atomic E-state index is -0.0148. The van der Waals surface area contributed by atoms with Crippen molar-refractivity contribution in [3.63, 3.8) is 0 Å². The molecule has 4 saturated heterocycles. The van der Waals surface area contributed by atoms with Crippen LogP contribution in [0, 0.1) is 23.7 Å². The number of hydrogen-bond donors (Lipinski definition) is 5. The summed E-state index contributed by atoms with van der Waals surface area (Å²) >= 11 is 2.12. The van der Waals surface area contributed by atoms with Crippen LogP contribution >= 0.6 is 11.8 Å². The molecule has 8 unspecified atom stereocenters. The highest BCUT2D eigenvalue weighted by atomic mass is 32.2. The molecule has 5 N–H and O–H groups in total. The number of hydrogen-bond acceptors (Lipinski definition) is 7. The third-order valence-corrected chi connectivity index (χ3v) is 8.71. The molecule has 0 saturated carbocycles. The molecule has 0 aromatic rings. The zero-order valence-corrected chi connectivity index (χ0v) is 18.0. The number of nitrogens with one attached hydrogen (secondary N) is 4. The Labute approximate surface area is 168 Å². The lowest BCUT2D eigenvalue weighted by Crippen LogP contribution is -2.67. The second-order valence-corrected chi connectivity index (χ2v) is 11.1. The maximum absolute atomic E-state index is 9.11. The van der Waals surface area contributed by atoms with Gasteiger partial charge in [-0.05, 0) is 45.1 Å². The Morgan fingerprint density at radius 3 is 2.81 bits per heavy atom. The molecule has 4 rings (SSSR count). The SMILES string of the molecule is CC(C)C1NC2SC3C(NCCCO)NCNC3C2C2CC(C)(C)OCC21. The first-order valence-electron chi connectivity index (χ1n) is 10.8. The fraction of sp³-hybridized carbons (Fsp3) is 1.00. The van der Waals surface area contributed by atoms with E-state index in [4.69, 9.17) is 9.84 Å². The maximum atomic E-state index is 9.11. The van der Waals surface area contributed by atoms with Crippen molar-refractivity contribution in [1.82, 2.24) is 21.3 Å². The van der Waals surface area contributed by atoms with Crippen LogP contribution < -0.4 is 21.3 Å². The van der Waals surface area contributed by atoms with Crippen molar-refractivity contribution < 1.29 is 9.84 Å². The largest absolute Gasteiger partial charge is 0.396 e. The molecule has 8 atom stereocenters. The minimum Gasteiger partial charge on any atom is -0.396 e. The first kappa shape index (κ1) is 20.4. The van der Waals surface area contributed by atoms with E-state index in [1.165, 1.54) is 0 Å². The van der Waals surface area contributed by atoms with E-state index in [0.29, 0.717) is 52.5 Å². The molecule has 0 aromatic carbocycles. The van der Waals surface area contributed by atoms with E-state index < -0.39 is 0 Å². The van der Waals surface area contributed by atoms with Crippen LogP contribution in [0.4, 0.5) is 0 Å². The van der Waals surface area contributed by atoms with Crippen LogP contribution in [0.15, 0.2) is 0 Å². The van der Waals surface area contributed by atoms with Gasteiger partial charge in [-0.3, -0.25) is 5.32 Å². The van der Waals surface area contributed by atoms with Gasteiger partial charge in [0.05, 0.1) is 29.0 Å². The van der Waals surface area contributed by atoms with Crippen molar-refractivity contribution in [2.75, 3.05) is 26.4 Å². The summed E-state index contributed by atoms with van der Waals surface area (Å²) in [5.41, 5.74) is -0.0148. The van der Waals surface area contributed by atoms with Crippen molar-refractivity contribution >= 4 is 11.8 Å². The van der Waals surface area contributed by atoms with Gasteiger partial charge in [0.1, 0.15) is 0 Å². The monoisotopic (exact) mass is 398 g/mol. The second-order valence-electron chi connectivity index (χ2n) is 9.76. The predicted octanol–water partition coefficient (Wildman–Crippen LogP) is 0.920. The maximum Gasteiger partial charge on any atom is 0.0720 e. The number of thioether (sulfide) groups is 1. The minimum absolute atomic E-state index is 0.0148. The highest BCUT2D eigenvalue weighted by molar-refractivity contribution is 8.00.